The Morgan fingerprint density at radius 3 is 0.634 bits per heavy atom. The third-order valence-electron chi connectivity index (χ3n) is 6.93. The number of hydrogen-bond acceptors (Lipinski definition) is 0. The molecule has 4 aromatic carbocycles. The monoisotopic (exact) mass is 607 g/mol. The topological polar surface area (TPSA) is 0 Å². The van der Waals surface area contributed by atoms with Gasteiger partial charge in [-0.1, -0.05) is 72.8 Å². The first-order valence-corrected chi connectivity index (χ1v) is 14.0. The van der Waals surface area contributed by atoms with Crippen molar-refractivity contribution in [2.24, 2.45) is 0 Å². The van der Waals surface area contributed by atoms with Gasteiger partial charge in [-0.05, 0) is 0 Å². The lowest BCUT2D eigenvalue weighted by molar-refractivity contribution is -0.137. The smallest absolute Gasteiger partial charge is 0.206 e. The zero-order chi connectivity index (χ0) is 30.4. The molecule has 0 aliphatic rings. The molecule has 0 amide bonds. The molecule has 0 aromatic heterocycles. The molecule has 0 spiro atoms. The number of alkyl halides is 12. The van der Waals surface area contributed by atoms with Crippen LogP contribution < -0.4 is 17.7 Å². The Labute approximate surface area is 227 Å². The second-order valence-electron chi connectivity index (χ2n) is 9.21. The Morgan fingerprint density at radius 1 is 0.293 bits per heavy atom. The Balaban J connectivity index is 2.46. The van der Waals surface area contributed by atoms with E-state index in [1.165, 1.54) is 0 Å². The molecule has 0 unspecified atom stereocenters. The summed E-state index contributed by atoms with van der Waals surface area (Å²) in [5.74, 6) is 0. The van der Waals surface area contributed by atoms with Crippen LogP contribution >= 0.6 is 0 Å². The summed E-state index contributed by atoms with van der Waals surface area (Å²) in [5, 5.41) is 0. The van der Waals surface area contributed by atoms with Crippen LogP contribution in [-0.4, -0.2) is 13.1 Å². The van der Waals surface area contributed by atoms with Crippen molar-refractivity contribution in [2.45, 2.75) is 24.7 Å². The summed E-state index contributed by atoms with van der Waals surface area (Å²) in [5.41, 5.74) is -6.57. The number of halogens is 12. The fourth-order valence-corrected chi connectivity index (χ4v) is 12.1. The normalized spacial score (nSPS) is 13.4. The highest BCUT2D eigenvalue weighted by Crippen LogP contribution is 2.37. The van der Waals surface area contributed by atoms with E-state index in [2.05, 4.69) is 0 Å². The van der Waals surface area contributed by atoms with Gasteiger partial charge in [0.05, 0.1) is 0 Å². The van der Waals surface area contributed by atoms with Gasteiger partial charge >= 0.3 is 24.7 Å². The molecule has 0 nitrogen and oxygen atoms in total. The molecule has 0 N–H and O–H groups in total. The fourth-order valence-electron chi connectivity index (χ4n) is 5.54. The molecule has 13 heteroatoms. The summed E-state index contributed by atoms with van der Waals surface area (Å²) in [6.07, 6.45) is -21.4. The molecule has 0 atom stereocenters. The van der Waals surface area contributed by atoms with Gasteiger partial charge in [-0.2, -0.15) is 52.7 Å². The molecule has 216 valence electrons. The van der Waals surface area contributed by atoms with Gasteiger partial charge in [-0.3, -0.25) is 0 Å². The average molecular weight is 607 g/mol. The standard InChI is InChI=1S/4C7H4F3.Al/c4*8-7(9,10)6-4-2-1-3-5-6;/h4*1-4H;/q;;;;-1. The van der Waals surface area contributed by atoms with Gasteiger partial charge < -0.3 is 0 Å². The van der Waals surface area contributed by atoms with Crippen molar-refractivity contribution in [1.82, 2.24) is 0 Å². The predicted molar refractivity (Wildman–Crippen MR) is 130 cm³/mol. The largest absolute Gasteiger partial charge is 0.412 e. The van der Waals surface area contributed by atoms with Crippen molar-refractivity contribution in [3.63, 3.8) is 0 Å². The molecular weight excluding hydrogens is 591 g/mol. The lowest BCUT2D eigenvalue weighted by Crippen LogP contribution is -2.78. The Kier molecular flexibility index (Phi) is 7.78. The van der Waals surface area contributed by atoms with Crippen LogP contribution in [0, 0.1) is 0 Å². The number of hydrogen-bond donors (Lipinski definition) is 0. The molecule has 0 heterocycles. The highest BCUT2D eigenvalue weighted by molar-refractivity contribution is 7.20. The second kappa shape index (κ2) is 10.4. The molecular formula is C28H16AlF12-. The van der Waals surface area contributed by atoms with Crippen molar-refractivity contribution < 1.29 is 52.7 Å². The molecule has 0 fully saturated rings. The number of benzene rings is 4. The summed E-state index contributed by atoms with van der Waals surface area (Å²) in [6, 6.07) is 11.6. The van der Waals surface area contributed by atoms with Crippen LogP contribution in [-0.2, 0) is 24.7 Å². The van der Waals surface area contributed by atoms with Crippen molar-refractivity contribution >= 4 is 30.8 Å². The quantitative estimate of drug-likeness (QED) is 0.171. The molecule has 4 rings (SSSR count). The summed E-state index contributed by atoms with van der Waals surface area (Å²) in [6.45, 7) is 0. The van der Waals surface area contributed by atoms with Crippen LogP contribution in [0.2, 0.25) is 0 Å². The molecule has 0 aliphatic heterocycles. The molecule has 4 aromatic rings. The maximum Gasteiger partial charge on any atom is 0.412 e. The van der Waals surface area contributed by atoms with Crippen LogP contribution in [0.3, 0.4) is 0 Å². The van der Waals surface area contributed by atoms with Crippen LogP contribution in [0.15, 0.2) is 97.1 Å². The Hall–Kier alpha value is -3.43. The molecule has 0 aliphatic carbocycles. The molecule has 41 heavy (non-hydrogen) atoms. The van der Waals surface area contributed by atoms with Crippen LogP contribution in [0.4, 0.5) is 52.7 Å². The maximum atomic E-state index is 14.5. The first kappa shape index (κ1) is 30.5. The second-order valence-corrected chi connectivity index (χ2v) is 13.4. The summed E-state index contributed by atoms with van der Waals surface area (Å²) in [4.78, 5) is 0. The van der Waals surface area contributed by atoms with Crippen molar-refractivity contribution in [2.75, 3.05) is 0 Å². The van der Waals surface area contributed by atoms with Gasteiger partial charge in [-0.25, -0.2) is 17.7 Å². The van der Waals surface area contributed by atoms with E-state index in [1.807, 2.05) is 0 Å². The summed E-state index contributed by atoms with van der Waals surface area (Å²) >= 11 is -6.27. The third-order valence-corrected chi connectivity index (χ3v) is 12.7. The molecule has 0 saturated heterocycles. The highest BCUT2D eigenvalue weighted by Gasteiger charge is 2.51. The van der Waals surface area contributed by atoms with E-state index in [9.17, 15) is 52.7 Å². The lowest BCUT2D eigenvalue weighted by Gasteiger charge is -2.46. The van der Waals surface area contributed by atoms with E-state index in [-0.39, 0.29) is 0 Å². The summed E-state index contributed by atoms with van der Waals surface area (Å²) in [7, 11) is 0. The molecule has 0 radical (unpaired) electrons. The van der Waals surface area contributed by atoms with Crippen LogP contribution in [0.5, 0.6) is 0 Å². The zero-order valence-electron chi connectivity index (χ0n) is 20.4. The minimum absolute atomic E-state index is 0.437. The van der Waals surface area contributed by atoms with E-state index >= 15 is 0 Å². The van der Waals surface area contributed by atoms with Gasteiger partial charge in [-0.15, -0.1) is 24.3 Å². The van der Waals surface area contributed by atoms with E-state index < -0.39 is 77.7 Å². The first-order valence-electron chi connectivity index (χ1n) is 11.7. The van der Waals surface area contributed by atoms with Crippen molar-refractivity contribution in [3.05, 3.63) is 119 Å². The Morgan fingerprint density at radius 2 is 0.463 bits per heavy atom. The first-order chi connectivity index (χ1) is 18.9. The Bertz CT molecular complexity index is 1310. The van der Waals surface area contributed by atoms with Gasteiger partial charge in [0.2, 0.25) is 0 Å². The predicted octanol–water partition coefficient (Wildman–Crippen LogP) is 7.14. The van der Waals surface area contributed by atoms with Gasteiger partial charge in [0, 0.05) is 22.3 Å². The average Bonchev–Trinajstić information content (AvgIpc) is 2.88. The van der Waals surface area contributed by atoms with E-state index in [1.54, 1.807) is 0 Å². The van der Waals surface area contributed by atoms with Crippen molar-refractivity contribution in [1.29, 1.82) is 0 Å². The van der Waals surface area contributed by atoms with E-state index in [4.69, 9.17) is 0 Å². The molecule has 0 saturated carbocycles. The minimum Gasteiger partial charge on any atom is -0.206 e. The van der Waals surface area contributed by atoms with Crippen molar-refractivity contribution in [3.8, 4) is 0 Å². The SMILES string of the molecule is FC(F)(F)c1cccc[c]1[Al-]([c]1ccccc1C(F)(F)F)([c]1ccccc1C(F)(F)F)[c]1ccccc1C(F)(F)F. The van der Waals surface area contributed by atoms with E-state index in [0.29, 0.717) is 48.5 Å². The lowest BCUT2D eigenvalue weighted by atomic mass is 10.2. The fraction of sp³-hybridized carbons (Fsp3) is 0.143. The van der Waals surface area contributed by atoms with Gasteiger partial charge in [0.15, 0.2) is 0 Å². The van der Waals surface area contributed by atoms with Crippen LogP contribution in [0.1, 0.15) is 22.3 Å². The van der Waals surface area contributed by atoms with E-state index in [0.717, 1.165) is 48.5 Å². The minimum atomic E-state index is -6.27. The molecule has 0 bridgehead atoms. The maximum absolute atomic E-state index is 14.5. The number of rotatable bonds is 4. The van der Waals surface area contributed by atoms with Gasteiger partial charge in [0.1, 0.15) is 0 Å². The summed E-state index contributed by atoms with van der Waals surface area (Å²) < 4.78 is 170. The zero-order valence-corrected chi connectivity index (χ0v) is 21.5. The van der Waals surface area contributed by atoms with Crippen LogP contribution in [0.25, 0.3) is 0 Å². The highest BCUT2D eigenvalue weighted by atomic mass is 27.2. The third kappa shape index (κ3) is 5.57. The van der Waals surface area contributed by atoms with Gasteiger partial charge in [0.25, 0.3) is 13.1 Å².